The zero-order valence-electron chi connectivity index (χ0n) is 16.5. The van der Waals surface area contributed by atoms with E-state index in [-0.39, 0.29) is 10.8 Å². The van der Waals surface area contributed by atoms with Crippen LogP contribution >= 0.6 is 0 Å². The molecule has 1 heterocycles. The van der Waals surface area contributed by atoms with Crippen molar-refractivity contribution in [3.8, 4) is 11.3 Å². The minimum Gasteiger partial charge on any atom is -0.253 e. The van der Waals surface area contributed by atoms with Crippen molar-refractivity contribution in [1.29, 1.82) is 0 Å². The van der Waals surface area contributed by atoms with E-state index in [1.165, 1.54) is 35.2 Å². The number of rotatable bonds is 4. The van der Waals surface area contributed by atoms with Gasteiger partial charge in [-0.3, -0.25) is 4.98 Å². The molecule has 0 fully saturated rings. The molecule has 0 aliphatic heterocycles. The molecular formula is C23H33N. The maximum absolute atomic E-state index is 4.93. The Morgan fingerprint density at radius 3 is 1.92 bits per heavy atom. The van der Waals surface area contributed by atoms with Crippen LogP contribution in [0.1, 0.15) is 78.1 Å². The lowest BCUT2D eigenvalue weighted by Crippen LogP contribution is -2.16. The fraction of sp³-hybridized carbons (Fsp3) is 0.522. The maximum atomic E-state index is 4.93. The summed E-state index contributed by atoms with van der Waals surface area (Å²) in [5.74, 6) is 0. The Balaban J connectivity index is 2.53. The van der Waals surface area contributed by atoms with Gasteiger partial charge in [0.25, 0.3) is 0 Å². The molecule has 0 saturated carbocycles. The van der Waals surface area contributed by atoms with Crippen molar-refractivity contribution in [3.05, 3.63) is 53.2 Å². The molecule has 0 aliphatic carbocycles. The van der Waals surface area contributed by atoms with Crippen molar-refractivity contribution < 1.29 is 0 Å². The van der Waals surface area contributed by atoms with Crippen LogP contribution in [0.2, 0.25) is 0 Å². The highest BCUT2D eigenvalue weighted by Gasteiger charge is 2.21. The lowest BCUT2D eigenvalue weighted by atomic mass is 9.79. The van der Waals surface area contributed by atoms with Gasteiger partial charge in [-0.1, -0.05) is 67.0 Å². The van der Waals surface area contributed by atoms with Gasteiger partial charge < -0.3 is 0 Å². The third-order valence-corrected chi connectivity index (χ3v) is 4.55. The van der Waals surface area contributed by atoms with E-state index in [4.69, 9.17) is 4.98 Å². The lowest BCUT2D eigenvalue weighted by molar-refractivity contribution is 0.569. The molecule has 0 aliphatic rings. The molecule has 1 aromatic carbocycles. The first kappa shape index (κ1) is 18.7. The fourth-order valence-corrected chi connectivity index (χ4v) is 2.78. The van der Waals surface area contributed by atoms with E-state index in [1.54, 1.807) is 0 Å². The summed E-state index contributed by atoms with van der Waals surface area (Å²) in [6.45, 7) is 15.9. The predicted octanol–water partition coefficient (Wildman–Crippen LogP) is 6.69. The first-order valence-electron chi connectivity index (χ1n) is 9.23. The molecular weight excluding hydrogens is 290 g/mol. The Morgan fingerprint density at radius 1 is 0.833 bits per heavy atom. The molecule has 1 nitrogen and oxygen atoms in total. The summed E-state index contributed by atoms with van der Waals surface area (Å²) in [6.07, 6.45) is 3.47. The lowest BCUT2D eigenvalue weighted by Gasteiger charge is -2.26. The van der Waals surface area contributed by atoms with Crippen LogP contribution in [0.3, 0.4) is 0 Å². The number of hydrogen-bond donors (Lipinski definition) is 0. The van der Waals surface area contributed by atoms with Gasteiger partial charge in [0.2, 0.25) is 0 Å². The summed E-state index contributed by atoms with van der Waals surface area (Å²) < 4.78 is 0. The van der Waals surface area contributed by atoms with Crippen LogP contribution in [-0.2, 0) is 17.3 Å². The normalized spacial score (nSPS) is 12.5. The largest absolute Gasteiger partial charge is 0.253 e. The predicted molar refractivity (Wildman–Crippen MR) is 106 cm³/mol. The molecule has 0 N–H and O–H groups in total. The molecule has 0 atom stereocenters. The van der Waals surface area contributed by atoms with Crippen LogP contribution in [0.5, 0.6) is 0 Å². The van der Waals surface area contributed by atoms with E-state index in [9.17, 15) is 0 Å². The van der Waals surface area contributed by atoms with Crippen molar-refractivity contribution in [3.63, 3.8) is 0 Å². The first-order valence-corrected chi connectivity index (χ1v) is 9.23. The zero-order valence-corrected chi connectivity index (χ0v) is 16.5. The van der Waals surface area contributed by atoms with Crippen LogP contribution in [-0.4, -0.2) is 4.98 Å². The van der Waals surface area contributed by atoms with Gasteiger partial charge in [0.05, 0.1) is 5.69 Å². The second-order valence-electron chi connectivity index (χ2n) is 8.92. The average molecular weight is 324 g/mol. The number of unbranched alkanes of at least 4 members (excludes halogenated alkanes) is 1. The molecule has 1 aromatic heterocycles. The Labute approximate surface area is 148 Å². The van der Waals surface area contributed by atoms with Crippen molar-refractivity contribution in [2.24, 2.45) is 0 Å². The second-order valence-corrected chi connectivity index (χ2v) is 8.92. The van der Waals surface area contributed by atoms with Crippen molar-refractivity contribution >= 4 is 0 Å². The van der Waals surface area contributed by atoms with Crippen molar-refractivity contribution in [2.75, 3.05) is 0 Å². The smallest absolute Gasteiger partial charge is 0.0705 e. The number of aryl methyl sites for hydroxylation is 1. The Hall–Kier alpha value is -1.63. The number of pyridine rings is 1. The van der Waals surface area contributed by atoms with Gasteiger partial charge in [-0.05, 0) is 59.1 Å². The molecule has 0 saturated heterocycles. The van der Waals surface area contributed by atoms with Gasteiger partial charge in [-0.2, -0.15) is 0 Å². The Bertz CT molecular complexity index is 652. The van der Waals surface area contributed by atoms with Crippen LogP contribution in [0.4, 0.5) is 0 Å². The van der Waals surface area contributed by atoms with Gasteiger partial charge in [0.15, 0.2) is 0 Å². The number of hydrogen-bond acceptors (Lipinski definition) is 1. The van der Waals surface area contributed by atoms with Gasteiger partial charge in [0, 0.05) is 11.3 Å². The maximum Gasteiger partial charge on any atom is 0.0705 e. The zero-order chi connectivity index (χ0) is 18.0. The topological polar surface area (TPSA) is 12.9 Å². The SMILES string of the molecule is CCCCc1cccc(-c2cc(C(C)(C)C)cc(C(C)(C)C)c2)n1. The molecule has 24 heavy (non-hydrogen) atoms. The van der Waals surface area contributed by atoms with Crippen LogP contribution in [0.25, 0.3) is 11.3 Å². The highest BCUT2D eigenvalue weighted by molar-refractivity contribution is 5.63. The van der Waals surface area contributed by atoms with Crippen molar-refractivity contribution in [2.45, 2.75) is 78.6 Å². The number of aromatic nitrogens is 1. The van der Waals surface area contributed by atoms with Crippen LogP contribution < -0.4 is 0 Å². The first-order chi connectivity index (χ1) is 11.1. The minimum absolute atomic E-state index is 0.135. The molecule has 2 rings (SSSR count). The number of benzene rings is 1. The highest BCUT2D eigenvalue weighted by atomic mass is 14.7. The molecule has 0 spiro atoms. The number of nitrogens with zero attached hydrogens (tertiary/aromatic N) is 1. The van der Waals surface area contributed by atoms with Crippen molar-refractivity contribution in [1.82, 2.24) is 4.98 Å². The summed E-state index contributed by atoms with van der Waals surface area (Å²) >= 11 is 0. The summed E-state index contributed by atoms with van der Waals surface area (Å²) in [5, 5.41) is 0. The third-order valence-electron chi connectivity index (χ3n) is 4.55. The van der Waals surface area contributed by atoms with E-state index >= 15 is 0 Å². The molecule has 0 bridgehead atoms. The van der Waals surface area contributed by atoms with Gasteiger partial charge >= 0.3 is 0 Å². The molecule has 0 amide bonds. The molecule has 2 aromatic rings. The highest BCUT2D eigenvalue weighted by Crippen LogP contribution is 2.33. The van der Waals surface area contributed by atoms with E-state index in [0.29, 0.717) is 0 Å². The quantitative estimate of drug-likeness (QED) is 0.611. The summed E-state index contributed by atoms with van der Waals surface area (Å²) in [6, 6.07) is 13.4. The monoisotopic (exact) mass is 323 g/mol. The molecule has 0 unspecified atom stereocenters. The average Bonchev–Trinajstić information content (AvgIpc) is 2.51. The standard InChI is InChI=1S/C23H33N/c1-8-9-11-20-12-10-13-21(24-20)17-14-18(22(2,3)4)16-19(15-17)23(5,6)7/h10,12-16H,8-9,11H2,1-7H3. The van der Waals surface area contributed by atoms with Crippen LogP contribution in [0, 0.1) is 0 Å². The van der Waals surface area contributed by atoms with Gasteiger partial charge in [-0.25, -0.2) is 0 Å². The van der Waals surface area contributed by atoms with E-state index in [1.807, 2.05) is 0 Å². The molecule has 130 valence electrons. The minimum atomic E-state index is 0.135. The summed E-state index contributed by atoms with van der Waals surface area (Å²) in [4.78, 5) is 4.93. The van der Waals surface area contributed by atoms with Gasteiger partial charge in [0.1, 0.15) is 0 Å². The van der Waals surface area contributed by atoms with Crippen LogP contribution in [0.15, 0.2) is 36.4 Å². The van der Waals surface area contributed by atoms with Gasteiger partial charge in [-0.15, -0.1) is 0 Å². The Kier molecular flexibility index (Phi) is 5.52. The van der Waals surface area contributed by atoms with E-state index in [2.05, 4.69) is 84.9 Å². The molecule has 0 radical (unpaired) electrons. The van der Waals surface area contributed by atoms with E-state index in [0.717, 1.165) is 12.1 Å². The second kappa shape index (κ2) is 7.09. The van der Waals surface area contributed by atoms with E-state index < -0.39 is 0 Å². The molecule has 1 heteroatoms. The third kappa shape index (κ3) is 4.69. The fourth-order valence-electron chi connectivity index (χ4n) is 2.78. The summed E-state index contributed by atoms with van der Waals surface area (Å²) in [7, 11) is 0. The Morgan fingerprint density at radius 2 is 1.42 bits per heavy atom. The summed E-state index contributed by atoms with van der Waals surface area (Å²) in [5.41, 5.74) is 6.57.